The van der Waals surface area contributed by atoms with Gasteiger partial charge in [-0.1, -0.05) is 6.07 Å². The lowest BCUT2D eigenvalue weighted by Crippen LogP contribution is -2.17. The number of anilines is 2. The van der Waals surface area contributed by atoms with E-state index in [0.717, 1.165) is 18.2 Å². The molecule has 0 spiro atoms. The van der Waals surface area contributed by atoms with Crippen LogP contribution in [0.2, 0.25) is 0 Å². The first-order chi connectivity index (χ1) is 10.8. The van der Waals surface area contributed by atoms with Gasteiger partial charge < -0.3 is 10.1 Å². The van der Waals surface area contributed by atoms with Gasteiger partial charge in [-0.15, -0.1) is 13.2 Å². The third kappa shape index (κ3) is 4.34. The molecule has 0 unspecified atom stereocenters. The van der Waals surface area contributed by atoms with Gasteiger partial charge in [-0.25, -0.2) is 0 Å². The van der Waals surface area contributed by atoms with Crippen molar-refractivity contribution in [2.45, 2.75) is 6.36 Å². The Balaban J connectivity index is 2.27. The van der Waals surface area contributed by atoms with Crippen LogP contribution >= 0.6 is 0 Å². The Morgan fingerprint density at radius 2 is 1.96 bits per heavy atom. The average Bonchev–Trinajstić information content (AvgIpc) is 2.46. The summed E-state index contributed by atoms with van der Waals surface area (Å²) < 4.78 is 40.4. The maximum absolute atomic E-state index is 12.2. The molecule has 118 valence electrons. The summed E-state index contributed by atoms with van der Waals surface area (Å²) in [4.78, 5) is 10.0. The number of alkyl halides is 3. The van der Waals surface area contributed by atoms with E-state index in [0.29, 0.717) is 0 Å². The molecule has 0 aliphatic heterocycles. The summed E-state index contributed by atoms with van der Waals surface area (Å²) in [6.45, 7) is 0. The van der Waals surface area contributed by atoms with E-state index in [2.05, 4.69) is 10.1 Å². The van der Waals surface area contributed by atoms with Crippen LogP contribution in [0.25, 0.3) is 0 Å². The predicted molar refractivity (Wildman–Crippen MR) is 74.2 cm³/mol. The largest absolute Gasteiger partial charge is 0.573 e. The molecule has 0 radical (unpaired) electrons. The summed E-state index contributed by atoms with van der Waals surface area (Å²) in [5.74, 6) is -0.428. The summed E-state index contributed by atoms with van der Waals surface area (Å²) >= 11 is 0. The van der Waals surface area contributed by atoms with E-state index in [1.165, 1.54) is 24.3 Å². The molecule has 1 N–H and O–H groups in total. The summed E-state index contributed by atoms with van der Waals surface area (Å²) in [5, 5.41) is 22.4. The Labute approximate surface area is 127 Å². The van der Waals surface area contributed by atoms with Gasteiger partial charge in [-0.2, -0.15) is 5.26 Å². The van der Waals surface area contributed by atoms with Gasteiger partial charge >= 0.3 is 6.36 Å². The molecule has 6 nitrogen and oxygen atoms in total. The molecule has 2 aromatic carbocycles. The minimum Gasteiger partial charge on any atom is -0.406 e. The monoisotopic (exact) mass is 323 g/mol. The van der Waals surface area contributed by atoms with Crippen molar-refractivity contribution < 1.29 is 22.8 Å². The first kappa shape index (κ1) is 16.1. The van der Waals surface area contributed by atoms with E-state index in [9.17, 15) is 23.3 Å². The molecule has 23 heavy (non-hydrogen) atoms. The molecule has 0 atom stereocenters. The van der Waals surface area contributed by atoms with E-state index in [-0.39, 0.29) is 22.6 Å². The number of ether oxygens (including phenoxy) is 1. The molecule has 0 aliphatic carbocycles. The fourth-order valence-corrected chi connectivity index (χ4v) is 1.77. The second-order valence-electron chi connectivity index (χ2n) is 4.30. The molecule has 9 heteroatoms. The highest BCUT2D eigenvalue weighted by atomic mass is 19.4. The fourth-order valence-electron chi connectivity index (χ4n) is 1.77. The second kappa shape index (κ2) is 6.23. The van der Waals surface area contributed by atoms with Gasteiger partial charge in [-0.05, 0) is 18.2 Å². The summed E-state index contributed by atoms with van der Waals surface area (Å²) in [7, 11) is 0. The topological polar surface area (TPSA) is 88.2 Å². The molecular formula is C14H8F3N3O3. The first-order valence-corrected chi connectivity index (χ1v) is 6.10. The van der Waals surface area contributed by atoms with E-state index >= 15 is 0 Å². The zero-order valence-electron chi connectivity index (χ0n) is 11.3. The molecule has 2 rings (SSSR count). The molecule has 2 aromatic rings. The predicted octanol–water partition coefficient (Wildman–Crippen LogP) is 4.11. The van der Waals surface area contributed by atoms with Crippen LogP contribution in [0.4, 0.5) is 30.2 Å². The van der Waals surface area contributed by atoms with Crippen LogP contribution in [-0.2, 0) is 0 Å². The maximum atomic E-state index is 12.2. The minimum atomic E-state index is -4.82. The minimum absolute atomic E-state index is 0.0126. The van der Waals surface area contributed by atoms with E-state index < -0.39 is 17.0 Å². The van der Waals surface area contributed by atoms with Gasteiger partial charge in [0.1, 0.15) is 11.8 Å². The van der Waals surface area contributed by atoms with Crippen LogP contribution in [0.5, 0.6) is 5.75 Å². The molecule has 0 amide bonds. The number of benzene rings is 2. The molecular weight excluding hydrogens is 315 g/mol. The SMILES string of the molecule is N#Cc1cc([N+](=O)[O-])ccc1Nc1cccc(OC(F)(F)F)c1. The van der Waals surface area contributed by atoms with Crippen LogP contribution in [0.3, 0.4) is 0 Å². The van der Waals surface area contributed by atoms with Gasteiger partial charge in [0.05, 0.1) is 16.2 Å². The normalized spacial score (nSPS) is 10.7. The third-order valence-corrected chi connectivity index (χ3v) is 2.68. The number of nitro benzene ring substituents is 1. The zero-order valence-corrected chi connectivity index (χ0v) is 11.3. The first-order valence-electron chi connectivity index (χ1n) is 6.10. The Kier molecular flexibility index (Phi) is 4.36. The number of nitro groups is 1. The van der Waals surface area contributed by atoms with E-state index in [1.54, 1.807) is 6.07 Å². The zero-order chi connectivity index (χ0) is 17.0. The molecule has 0 aliphatic rings. The number of nitrogens with one attached hydrogen (secondary N) is 1. The van der Waals surface area contributed by atoms with Crippen molar-refractivity contribution in [3.63, 3.8) is 0 Å². The lowest BCUT2D eigenvalue weighted by Gasteiger charge is -2.12. The van der Waals surface area contributed by atoms with Gasteiger partial charge in [0, 0.05) is 23.9 Å². The highest BCUT2D eigenvalue weighted by Gasteiger charge is 2.31. The van der Waals surface area contributed by atoms with Crippen molar-refractivity contribution in [3.05, 3.63) is 58.1 Å². The number of nitriles is 1. The Bertz CT molecular complexity index is 785. The molecule has 0 bridgehead atoms. The van der Waals surface area contributed by atoms with Crippen LogP contribution in [-0.4, -0.2) is 11.3 Å². The highest BCUT2D eigenvalue weighted by Crippen LogP contribution is 2.28. The molecule has 0 saturated carbocycles. The van der Waals surface area contributed by atoms with Crippen molar-refractivity contribution in [2.75, 3.05) is 5.32 Å². The molecule has 0 heterocycles. The van der Waals surface area contributed by atoms with Gasteiger partial charge in [0.25, 0.3) is 5.69 Å². The van der Waals surface area contributed by atoms with Crippen molar-refractivity contribution in [3.8, 4) is 11.8 Å². The lowest BCUT2D eigenvalue weighted by molar-refractivity contribution is -0.384. The Morgan fingerprint density at radius 1 is 1.22 bits per heavy atom. The van der Waals surface area contributed by atoms with E-state index in [1.807, 2.05) is 0 Å². The quantitative estimate of drug-likeness (QED) is 0.675. The summed E-state index contributed by atoms with van der Waals surface area (Å²) in [6, 6.07) is 10.3. The summed E-state index contributed by atoms with van der Waals surface area (Å²) in [6.07, 6.45) is -4.82. The molecule has 0 saturated heterocycles. The van der Waals surface area contributed by atoms with Crippen LogP contribution in [0, 0.1) is 21.4 Å². The van der Waals surface area contributed by atoms with Crippen molar-refractivity contribution in [1.82, 2.24) is 0 Å². The number of halogens is 3. The van der Waals surface area contributed by atoms with Crippen LogP contribution in [0.15, 0.2) is 42.5 Å². The van der Waals surface area contributed by atoms with Crippen LogP contribution < -0.4 is 10.1 Å². The number of hydrogen-bond donors (Lipinski definition) is 1. The number of nitrogens with zero attached hydrogens (tertiary/aromatic N) is 2. The number of rotatable bonds is 4. The summed E-state index contributed by atoms with van der Waals surface area (Å²) in [5.41, 5.74) is 0.182. The van der Waals surface area contributed by atoms with Gasteiger partial charge in [0.2, 0.25) is 0 Å². The maximum Gasteiger partial charge on any atom is 0.573 e. The van der Waals surface area contributed by atoms with E-state index in [4.69, 9.17) is 5.26 Å². The molecule has 0 fully saturated rings. The fraction of sp³-hybridized carbons (Fsp3) is 0.0714. The number of hydrogen-bond acceptors (Lipinski definition) is 5. The van der Waals surface area contributed by atoms with Crippen molar-refractivity contribution in [2.24, 2.45) is 0 Å². The average molecular weight is 323 g/mol. The third-order valence-electron chi connectivity index (χ3n) is 2.68. The Hall–Kier alpha value is -3.28. The highest BCUT2D eigenvalue weighted by molar-refractivity contribution is 5.69. The van der Waals surface area contributed by atoms with Gasteiger partial charge in [-0.3, -0.25) is 10.1 Å². The standard InChI is InChI=1S/C14H8F3N3O3/c15-14(16,17)23-12-3-1-2-10(7-12)19-13-5-4-11(20(21)22)6-9(13)8-18/h1-7,19H. The van der Waals surface area contributed by atoms with Crippen molar-refractivity contribution in [1.29, 1.82) is 5.26 Å². The second-order valence-corrected chi connectivity index (χ2v) is 4.30. The van der Waals surface area contributed by atoms with Gasteiger partial charge in [0.15, 0.2) is 0 Å². The van der Waals surface area contributed by atoms with Crippen LogP contribution in [0.1, 0.15) is 5.56 Å². The number of non-ortho nitro benzene ring substituents is 1. The van der Waals surface area contributed by atoms with Crippen molar-refractivity contribution >= 4 is 17.1 Å². The lowest BCUT2D eigenvalue weighted by atomic mass is 10.1. The smallest absolute Gasteiger partial charge is 0.406 e. The Morgan fingerprint density at radius 3 is 2.57 bits per heavy atom. The molecule has 0 aromatic heterocycles.